The highest BCUT2D eigenvalue weighted by Gasteiger charge is 2.31. The van der Waals surface area contributed by atoms with Gasteiger partial charge in [-0.25, -0.2) is 23.7 Å². The second-order valence-corrected chi connectivity index (χ2v) is 10.4. The fraction of sp³-hybridized carbons (Fsp3) is 0.538. The number of imidazole rings is 1. The first-order valence-electron chi connectivity index (χ1n) is 13.5. The van der Waals surface area contributed by atoms with Crippen LogP contribution in [0.25, 0.3) is 33.6 Å². The summed E-state index contributed by atoms with van der Waals surface area (Å²) in [6.07, 6.45) is 6.55. The van der Waals surface area contributed by atoms with Crippen LogP contribution in [0.15, 0.2) is 12.4 Å². The van der Waals surface area contributed by atoms with Gasteiger partial charge in [-0.3, -0.25) is 4.79 Å². The van der Waals surface area contributed by atoms with Crippen LogP contribution in [-0.2, 0) is 11.3 Å². The van der Waals surface area contributed by atoms with Crippen LogP contribution in [-0.4, -0.2) is 77.9 Å². The molecule has 1 amide bonds. The lowest BCUT2D eigenvalue weighted by atomic mass is 9.85. The maximum atomic E-state index is 13.2. The molecule has 1 aliphatic heterocycles. The molecule has 0 aromatic carbocycles. The number of aromatic amines is 1. The van der Waals surface area contributed by atoms with Crippen LogP contribution >= 0.6 is 0 Å². The smallest absolute Gasteiger partial charge is 0.256 e. The molecule has 5 heterocycles. The summed E-state index contributed by atoms with van der Waals surface area (Å²) < 4.78 is 27.7. The average molecular weight is 539 g/mol. The normalized spacial score (nSPS) is 19.9. The van der Waals surface area contributed by atoms with Gasteiger partial charge in [0.1, 0.15) is 17.3 Å². The van der Waals surface area contributed by atoms with E-state index in [1.165, 1.54) is 4.57 Å². The second kappa shape index (κ2) is 10.3. The number of hydrogen-bond acceptors (Lipinski definition) is 8. The van der Waals surface area contributed by atoms with Gasteiger partial charge in [-0.05, 0) is 45.4 Å². The van der Waals surface area contributed by atoms with E-state index < -0.39 is 13.0 Å². The van der Waals surface area contributed by atoms with E-state index in [1.807, 2.05) is 4.90 Å². The zero-order valence-electron chi connectivity index (χ0n) is 22.0. The second-order valence-electron chi connectivity index (χ2n) is 10.4. The van der Waals surface area contributed by atoms with Crippen LogP contribution in [0.4, 0.5) is 20.5 Å². The molecule has 1 aliphatic carbocycles. The molecule has 2 fully saturated rings. The summed E-state index contributed by atoms with van der Waals surface area (Å²) in [6.45, 7) is 2.96. The largest absolute Gasteiger partial charge is 0.372 e. The summed E-state index contributed by atoms with van der Waals surface area (Å²) in [5.74, 6) is 1.97. The van der Waals surface area contributed by atoms with Crippen molar-refractivity contribution in [2.75, 3.05) is 30.8 Å². The Bertz CT molecular complexity index is 1500. The minimum Gasteiger partial charge on any atom is -0.372 e. The molecule has 0 spiro atoms. The maximum absolute atomic E-state index is 13.2. The lowest BCUT2D eigenvalue weighted by molar-refractivity contribution is -0.135. The van der Waals surface area contributed by atoms with E-state index in [0.717, 1.165) is 57.0 Å². The monoisotopic (exact) mass is 538 g/mol. The van der Waals surface area contributed by atoms with Crippen molar-refractivity contribution < 1.29 is 13.6 Å². The first-order valence-corrected chi connectivity index (χ1v) is 13.5. The molecule has 0 atom stereocenters. The third kappa shape index (κ3) is 4.85. The minimum atomic E-state index is -2.53. The molecular formula is C26H32F2N10O. The molecular weight excluding hydrogens is 506 g/mol. The third-order valence-electron chi connectivity index (χ3n) is 7.84. The molecule has 206 valence electrons. The van der Waals surface area contributed by atoms with Gasteiger partial charge in [0.05, 0.1) is 23.8 Å². The molecule has 6 rings (SSSR count). The summed E-state index contributed by atoms with van der Waals surface area (Å²) in [6, 6.07) is 0.191. The molecule has 2 aliphatic rings. The number of hydrogen-bond donors (Lipinski definition) is 3. The van der Waals surface area contributed by atoms with Crippen LogP contribution < -0.4 is 10.6 Å². The van der Waals surface area contributed by atoms with Crippen LogP contribution in [0.1, 0.15) is 44.3 Å². The van der Waals surface area contributed by atoms with Crippen LogP contribution in [0, 0.1) is 12.8 Å². The number of H-pyrrole nitrogens is 1. The van der Waals surface area contributed by atoms with Gasteiger partial charge in [0.2, 0.25) is 11.9 Å². The number of rotatable bonds is 7. The summed E-state index contributed by atoms with van der Waals surface area (Å²) in [5.41, 5.74) is 2.46. The number of carbonyl (C=O) groups is 1. The van der Waals surface area contributed by atoms with Gasteiger partial charge < -0.3 is 25.1 Å². The van der Waals surface area contributed by atoms with Gasteiger partial charge in [0.15, 0.2) is 11.3 Å². The molecule has 1 saturated carbocycles. The van der Waals surface area contributed by atoms with Gasteiger partial charge in [-0.15, -0.1) is 0 Å². The number of nitrogens with zero attached hydrogens (tertiary/aromatic N) is 7. The molecule has 0 unspecified atom stereocenters. The number of nitrogens with one attached hydrogen (secondary N) is 3. The molecule has 0 bridgehead atoms. The van der Waals surface area contributed by atoms with Gasteiger partial charge in [0, 0.05) is 43.9 Å². The number of anilines is 2. The maximum Gasteiger partial charge on any atom is 0.256 e. The third-order valence-corrected chi connectivity index (χ3v) is 7.84. The molecule has 1 saturated heterocycles. The van der Waals surface area contributed by atoms with Crippen molar-refractivity contribution in [1.82, 2.24) is 39.4 Å². The van der Waals surface area contributed by atoms with E-state index in [2.05, 4.69) is 30.6 Å². The van der Waals surface area contributed by atoms with Crippen molar-refractivity contribution in [1.29, 1.82) is 0 Å². The van der Waals surface area contributed by atoms with Crippen LogP contribution in [0.2, 0.25) is 0 Å². The highest BCUT2D eigenvalue weighted by molar-refractivity contribution is 6.01. The standard InChI is InChI=1S/C26H32F2N10O/c1-14-32-23-24(38(14)13-19(27)28)34-18(12-31-23)17-11-30-22-20(17)21(29-2)35-26(36-22)33-16-7-5-15(6-8-16)25(39)37-9-3-4-10-37/h11-12,15-16,19H,3-10,13H2,1-2H3,(H3,29,30,33,35,36)/t15-,16+. The Kier molecular flexibility index (Phi) is 6.73. The summed E-state index contributed by atoms with van der Waals surface area (Å²) >= 11 is 0. The molecule has 13 heteroatoms. The van der Waals surface area contributed by atoms with E-state index >= 15 is 0 Å². The Hall–Kier alpha value is -3.90. The van der Waals surface area contributed by atoms with Crippen molar-refractivity contribution in [3.63, 3.8) is 0 Å². The topological polar surface area (TPSA) is 130 Å². The van der Waals surface area contributed by atoms with Crippen LogP contribution in [0.3, 0.4) is 0 Å². The molecule has 3 N–H and O–H groups in total. The van der Waals surface area contributed by atoms with E-state index in [-0.39, 0.29) is 12.0 Å². The molecule has 4 aromatic heterocycles. The fourth-order valence-corrected chi connectivity index (χ4v) is 5.83. The SMILES string of the molecule is CNc1nc(N[C@H]2CC[C@@H](C(=O)N3CCCC3)CC2)nc2[nH]cc(-c3cnc4nc(C)n(CC(F)F)c4n3)c12. The lowest BCUT2D eigenvalue weighted by Crippen LogP contribution is -2.37. The number of carbonyl (C=O) groups excluding carboxylic acids is 1. The number of amides is 1. The Morgan fingerprint density at radius 2 is 1.90 bits per heavy atom. The number of alkyl halides is 2. The molecule has 11 nitrogen and oxygen atoms in total. The van der Waals surface area contributed by atoms with Crippen molar-refractivity contribution in [3.8, 4) is 11.3 Å². The summed E-state index contributed by atoms with van der Waals surface area (Å²) in [7, 11) is 1.79. The van der Waals surface area contributed by atoms with Gasteiger partial charge >= 0.3 is 0 Å². The van der Waals surface area contributed by atoms with Crippen molar-refractivity contribution in [3.05, 3.63) is 18.2 Å². The molecule has 0 radical (unpaired) electrons. The van der Waals surface area contributed by atoms with E-state index in [0.29, 0.717) is 51.7 Å². The van der Waals surface area contributed by atoms with E-state index in [4.69, 9.17) is 9.97 Å². The Morgan fingerprint density at radius 3 is 2.62 bits per heavy atom. The molecule has 4 aromatic rings. The fourth-order valence-electron chi connectivity index (χ4n) is 5.83. The highest BCUT2D eigenvalue weighted by Crippen LogP contribution is 2.34. The Morgan fingerprint density at radius 1 is 1.13 bits per heavy atom. The number of halogens is 2. The zero-order chi connectivity index (χ0) is 27.1. The quantitative estimate of drug-likeness (QED) is 0.322. The van der Waals surface area contributed by atoms with Gasteiger partial charge in [-0.2, -0.15) is 9.97 Å². The number of aryl methyl sites for hydroxylation is 1. The lowest BCUT2D eigenvalue weighted by Gasteiger charge is -2.30. The van der Waals surface area contributed by atoms with Crippen molar-refractivity contribution >= 4 is 40.0 Å². The number of fused-ring (bicyclic) bond motifs is 2. The predicted octanol–water partition coefficient (Wildman–Crippen LogP) is 3.97. The minimum absolute atomic E-state index is 0.114. The Labute approximate surface area is 223 Å². The van der Waals surface area contributed by atoms with E-state index in [1.54, 1.807) is 26.4 Å². The first kappa shape index (κ1) is 25.4. The number of likely N-dealkylation sites (tertiary alicyclic amines) is 1. The summed E-state index contributed by atoms with van der Waals surface area (Å²) in [5, 5.41) is 7.34. The average Bonchev–Trinajstić information content (AvgIpc) is 3.68. The molecule has 39 heavy (non-hydrogen) atoms. The number of aromatic nitrogens is 7. The van der Waals surface area contributed by atoms with Gasteiger partial charge in [0.25, 0.3) is 6.43 Å². The predicted molar refractivity (Wildman–Crippen MR) is 144 cm³/mol. The van der Waals surface area contributed by atoms with Crippen molar-refractivity contribution in [2.45, 2.75) is 64.5 Å². The zero-order valence-corrected chi connectivity index (χ0v) is 22.0. The van der Waals surface area contributed by atoms with E-state index in [9.17, 15) is 13.6 Å². The summed E-state index contributed by atoms with van der Waals surface area (Å²) in [4.78, 5) is 40.7. The highest BCUT2D eigenvalue weighted by atomic mass is 19.3. The van der Waals surface area contributed by atoms with Crippen molar-refractivity contribution in [2.24, 2.45) is 5.92 Å². The van der Waals surface area contributed by atoms with Crippen LogP contribution in [0.5, 0.6) is 0 Å². The Balaban J connectivity index is 1.23. The van der Waals surface area contributed by atoms with Gasteiger partial charge in [-0.1, -0.05) is 0 Å². The first-order chi connectivity index (χ1) is 18.9.